The molecule has 2 rings (SSSR count). The molecule has 0 bridgehead atoms. The average molecular weight is 253 g/mol. The van der Waals surface area contributed by atoms with Gasteiger partial charge < -0.3 is 16.2 Å². The number of carbonyl (C=O) groups excluding carboxylic acids is 1. The molecule has 94 valence electrons. The van der Waals surface area contributed by atoms with Crippen molar-refractivity contribution >= 4 is 11.6 Å². The van der Waals surface area contributed by atoms with Crippen LogP contribution in [0.25, 0.3) is 0 Å². The van der Waals surface area contributed by atoms with E-state index < -0.39 is 5.91 Å². The van der Waals surface area contributed by atoms with Gasteiger partial charge in [-0.25, -0.2) is 0 Å². The van der Waals surface area contributed by atoms with Crippen LogP contribution < -0.4 is 16.2 Å². The van der Waals surface area contributed by atoms with E-state index in [9.17, 15) is 4.79 Å². The third-order valence-electron chi connectivity index (χ3n) is 2.50. The highest BCUT2D eigenvalue weighted by Gasteiger charge is 2.05. The summed E-state index contributed by atoms with van der Waals surface area (Å²) in [6.45, 7) is 0. The number of carbonyl (C=O) groups is 1. The van der Waals surface area contributed by atoms with Crippen molar-refractivity contribution in [3.63, 3.8) is 0 Å². The molecule has 2 aromatic rings. The van der Waals surface area contributed by atoms with Crippen molar-refractivity contribution in [3.8, 4) is 17.6 Å². The van der Waals surface area contributed by atoms with Crippen LogP contribution >= 0.6 is 0 Å². The van der Waals surface area contributed by atoms with Crippen molar-refractivity contribution < 1.29 is 9.53 Å². The van der Waals surface area contributed by atoms with E-state index >= 15 is 0 Å². The Bertz CT molecular complexity index is 675. The number of benzene rings is 2. The molecule has 0 fully saturated rings. The number of nitriles is 1. The standard InChI is InChI=1S/C14H11N3O2/c15-8-10-4-5-12(7-13(10)16)19-11-3-1-2-9(6-11)14(17)18/h1-7H,16H2,(H2,17,18). The van der Waals surface area contributed by atoms with Gasteiger partial charge in [0.2, 0.25) is 5.91 Å². The molecule has 5 heteroatoms. The number of nitrogens with zero attached hydrogens (tertiary/aromatic N) is 1. The van der Waals surface area contributed by atoms with Gasteiger partial charge in [0.15, 0.2) is 0 Å². The van der Waals surface area contributed by atoms with Gasteiger partial charge in [-0.05, 0) is 30.3 Å². The highest BCUT2D eigenvalue weighted by atomic mass is 16.5. The summed E-state index contributed by atoms with van der Waals surface area (Å²) in [4.78, 5) is 11.1. The normalized spacial score (nSPS) is 9.63. The Kier molecular flexibility index (Phi) is 3.35. The van der Waals surface area contributed by atoms with Crippen molar-refractivity contribution in [2.45, 2.75) is 0 Å². The third kappa shape index (κ3) is 2.82. The number of rotatable bonds is 3. The molecule has 0 aliphatic rings. The third-order valence-corrected chi connectivity index (χ3v) is 2.50. The molecule has 4 N–H and O–H groups in total. The predicted molar refractivity (Wildman–Crippen MR) is 70.6 cm³/mol. The van der Waals surface area contributed by atoms with E-state index in [2.05, 4.69) is 0 Å². The molecule has 0 saturated carbocycles. The quantitative estimate of drug-likeness (QED) is 0.817. The summed E-state index contributed by atoms with van der Waals surface area (Å²) < 4.78 is 5.55. The Morgan fingerprint density at radius 3 is 2.53 bits per heavy atom. The van der Waals surface area contributed by atoms with E-state index in [0.717, 1.165) is 0 Å². The van der Waals surface area contributed by atoms with Gasteiger partial charge in [0.05, 0.1) is 11.3 Å². The second kappa shape index (κ2) is 5.10. The average Bonchev–Trinajstić information content (AvgIpc) is 2.39. The fourth-order valence-electron chi connectivity index (χ4n) is 1.56. The molecular weight excluding hydrogens is 242 g/mol. The Labute approximate surface area is 110 Å². The summed E-state index contributed by atoms with van der Waals surface area (Å²) in [5.41, 5.74) is 12.0. The van der Waals surface area contributed by atoms with E-state index in [1.165, 1.54) is 6.07 Å². The van der Waals surface area contributed by atoms with Crippen LogP contribution in [0, 0.1) is 11.3 Å². The van der Waals surface area contributed by atoms with Crippen molar-refractivity contribution in [2.24, 2.45) is 5.73 Å². The number of nitrogens with two attached hydrogens (primary N) is 2. The Balaban J connectivity index is 2.26. The van der Waals surface area contributed by atoms with Crippen molar-refractivity contribution in [1.29, 1.82) is 5.26 Å². The lowest BCUT2D eigenvalue weighted by atomic mass is 10.2. The second-order valence-electron chi connectivity index (χ2n) is 3.86. The maximum absolute atomic E-state index is 11.1. The van der Waals surface area contributed by atoms with Crippen LogP contribution in [0.1, 0.15) is 15.9 Å². The lowest BCUT2D eigenvalue weighted by Gasteiger charge is -2.07. The maximum Gasteiger partial charge on any atom is 0.248 e. The van der Waals surface area contributed by atoms with Crippen LogP contribution in [0.2, 0.25) is 0 Å². The molecule has 0 atom stereocenters. The predicted octanol–water partition coefficient (Wildman–Crippen LogP) is 2.03. The second-order valence-corrected chi connectivity index (χ2v) is 3.86. The van der Waals surface area contributed by atoms with Gasteiger partial charge in [0, 0.05) is 11.6 Å². The molecular formula is C14H11N3O2. The Hall–Kier alpha value is -3.00. The van der Waals surface area contributed by atoms with E-state index in [1.54, 1.807) is 36.4 Å². The minimum absolute atomic E-state index is 0.339. The van der Waals surface area contributed by atoms with Gasteiger partial charge in [-0.3, -0.25) is 4.79 Å². The van der Waals surface area contributed by atoms with Gasteiger partial charge in [-0.15, -0.1) is 0 Å². The molecule has 0 unspecified atom stereocenters. The number of hydrogen-bond donors (Lipinski definition) is 2. The number of ether oxygens (including phenoxy) is 1. The first-order valence-electron chi connectivity index (χ1n) is 5.47. The molecule has 19 heavy (non-hydrogen) atoms. The molecule has 1 amide bonds. The van der Waals surface area contributed by atoms with Crippen LogP contribution in [0.15, 0.2) is 42.5 Å². The van der Waals surface area contributed by atoms with E-state index in [4.69, 9.17) is 21.5 Å². The number of amides is 1. The van der Waals surface area contributed by atoms with E-state index in [-0.39, 0.29) is 0 Å². The van der Waals surface area contributed by atoms with Crippen LogP contribution in [0.4, 0.5) is 5.69 Å². The fraction of sp³-hybridized carbons (Fsp3) is 0. The molecule has 0 radical (unpaired) electrons. The molecule has 0 aromatic heterocycles. The minimum Gasteiger partial charge on any atom is -0.457 e. The van der Waals surface area contributed by atoms with Crippen molar-refractivity contribution in [2.75, 3.05) is 5.73 Å². The zero-order valence-corrected chi connectivity index (χ0v) is 9.96. The Morgan fingerprint density at radius 2 is 1.89 bits per heavy atom. The highest BCUT2D eigenvalue weighted by Crippen LogP contribution is 2.25. The summed E-state index contributed by atoms with van der Waals surface area (Å²) >= 11 is 0. The molecule has 2 aromatic carbocycles. The zero-order valence-electron chi connectivity index (χ0n) is 9.96. The Morgan fingerprint density at radius 1 is 1.16 bits per heavy atom. The molecule has 0 heterocycles. The molecule has 0 spiro atoms. The lowest BCUT2D eigenvalue weighted by molar-refractivity contribution is 0.1000. The smallest absolute Gasteiger partial charge is 0.248 e. The zero-order chi connectivity index (χ0) is 13.8. The number of hydrogen-bond acceptors (Lipinski definition) is 4. The van der Waals surface area contributed by atoms with Gasteiger partial charge in [-0.1, -0.05) is 6.07 Å². The van der Waals surface area contributed by atoms with Crippen LogP contribution in [0.3, 0.4) is 0 Å². The van der Waals surface area contributed by atoms with Gasteiger partial charge >= 0.3 is 0 Å². The minimum atomic E-state index is -0.523. The van der Waals surface area contributed by atoms with E-state index in [0.29, 0.717) is 28.3 Å². The van der Waals surface area contributed by atoms with Crippen LogP contribution in [-0.4, -0.2) is 5.91 Å². The molecule has 5 nitrogen and oxygen atoms in total. The monoisotopic (exact) mass is 253 g/mol. The van der Waals surface area contributed by atoms with Crippen molar-refractivity contribution in [1.82, 2.24) is 0 Å². The largest absolute Gasteiger partial charge is 0.457 e. The fourth-order valence-corrected chi connectivity index (χ4v) is 1.56. The number of anilines is 1. The van der Waals surface area contributed by atoms with Crippen LogP contribution in [0.5, 0.6) is 11.5 Å². The molecule has 0 aliphatic heterocycles. The summed E-state index contributed by atoms with van der Waals surface area (Å²) in [6, 6.07) is 13.2. The topological polar surface area (TPSA) is 102 Å². The first kappa shape index (κ1) is 12.5. The highest BCUT2D eigenvalue weighted by molar-refractivity contribution is 5.93. The summed E-state index contributed by atoms with van der Waals surface area (Å²) in [7, 11) is 0. The molecule has 0 saturated heterocycles. The SMILES string of the molecule is N#Cc1ccc(Oc2cccc(C(N)=O)c2)cc1N. The van der Waals surface area contributed by atoms with Crippen molar-refractivity contribution in [3.05, 3.63) is 53.6 Å². The van der Waals surface area contributed by atoms with E-state index in [1.807, 2.05) is 6.07 Å². The number of primary amides is 1. The summed E-state index contributed by atoms with van der Waals surface area (Å²) in [5.74, 6) is 0.434. The molecule has 0 aliphatic carbocycles. The van der Waals surface area contributed by atoms with Gasteiger partial charge in [0.25, 0.3) is 0 Å². The first-order chi connectivity index (χ1) is 9.10. The van der Waals surface area contributed by atoms with Crippen LogP contribution in [-0.2, 0) is 0 Å². The maximum atomic E-state index is 11.1. The first-order valence-corrected chi connectivity index (χ1v) is 5.47. The lowest BCUT2D eigenvalue weighted by Crippen LogP contribution is -2.10. The summed E-state index contributed by atoms with van der Waals surface area (Å²) in [6.07, 6.45) is 0. The number of nitrogen functional groups attached to an aromatic ring is 1. The van der Waals surface area contributed by atoms with Gasteiger partial charge in [-0.2, -0.15) is 5.26 Å². The van der Waals surface area contributed by atoms with Gasteiger partial charge in [0.1, 0.15) is 17.6 Å². The summed E-state index contributed by atoms with van der Waals surface area (Å²) in [5, 5.41) is 8.77.